The second kappa shape index (κ2) is 61.6. The predicted molar refractivity (Wildman–Crippen MR) is 405 cm³/mol. The van der Waals surface area contributed by atoms with E-state index >= 15 is 0 Å². The van der Waals surface area contributed by atoms with Crippen molar-refractivity contribution in [3.63, 3.8) is 0 Å². The zero-order valence-electron chi connectivity index (χ0n) is 61.8. The van der Waals surface area contributed by atoms with Crippen LogP contribution in [-0.4, -0.2) is 193 Å². The van der Waals surface area contributed by atoms with E-state index in [0.717, 1.165) is 116 Å². The molecule has 3 aliphatic heterocycles. The van der Waals surface area contributed by atoms with Crippen molar-refractivity contribution in [3.05, 3.63) is 158 Å². The van der Waals surface area contributed by atoms with Gasteiger partial charge in [0.25, 0.3) is 0 Å². The number of aliphatic hydroxyl groups excluding tert-OH is 11. The van der Waals surface area contributed by atoms with Crippen molar-refractivity contribution in [2.24, 2.45) is 0 Å². The van der Waals surface area contributed by atoms with Gasteiger partial charge in [-0.1, -0.05) is 268 Å². The first kappa shape index (κ1) is 91.6. The number of amides is 1. The van der Waals surface area contributed by atoms with E-state index in [1.165, 1.54) is 83.5 Å². The minimum absolute atomic E-state index is 0.178. The summed E-state index contributed by atoms with van der Waals surface area (Å²) in [4.78, 5) is 13.4. The van der Waals surface area contributed by atoms with E-state index in [1.54, 1.807) is 6.08 Å². The van der Waals surface area contributed by atoms with Crippen LogP contribution in [0.3, 0.4) is 0 Å². The molecule has 580 valence electrons. The minimum atomic E-state index is -1.99. The summed E-state index contributed by atoms with van der Waals surface area (Å²) in [5, 5.41) is 121. The molecular formula is C83H135NO18. The predicted octanol–water partition coefficient (Wildman–Crippen LogP) is 12.4. The van der Waals surface area contributed by atoms with Crippen LogP contribution in [0.5, 0.6) is 0 Å². The van der Waals surface area contributed by atoms with Gasteiger partial charge in [0.15, 0.2) is 18.9 Å². The number of nitrogens with one attached hydrogen (secondary N) is 1. The zero-order chi connectivity index (χ0) is 73.9. The first-order chi connectivity index (χ1) is 49.8. The van der Waals surface area contributed by atoms with Crippen molar-refractivity contribution >= 4 is 5.91 Å². The van der Waals surface area contributed by atoms with Crippen molar-refractivity contribution < 1.29 is 89.4 Å². The molecule has 3 aliphatic rings. The van der Waals surface area contributed by atoms with Gasteiger partial charge in [-0.2, -0.15) is 0 Å². The lowest BCUT2D eigenvalue weighted by Gasteiger charge is -2.48. The molecule has 0 aromatic heterocycles. The van der Waals surface area contributed by atoms with Gasteiger partial charge in [-0.25, -0.2) is 0 Å². The Morgan fingerprint density at radius 1 is 0.363 bits per heavy atom. The van der Waals surface area contributed by atoms with Crippen molar-refractivity contribution in [2.45, 2.75) is 330 Å². The number of allylic oxidation sites excluding steroid dienone is 25. The van der Waals surface area contributed by atoms with Crippen LogP contribution in [-0.2, 0) is 33.2 Å². The van der Waals surface area contributed by atoms with Gasteiger partial charge < -0.3 is 89.9 Å². The Morgan fingerprint density at radius 2 is 0.676 bits per heavy atom. The highest BCUT2D eigenvalue weighted by Crippen LogP contribution is 2.33. The number of rotatable bonds is 58. The number of carbonyl (C=O) groups is 1. The molecule has 3 heterocycles. The molecule has 0 aliphatic carbocycles. The molecule has 19 heteroatoms. The van der Waals surface area contributed by atoms with Gasteiger partial charge in [-0.05, 0) is 109 Å². The van der Waals surface area contributed by atoms with Crippen molar-refractivity contribution in [2.75, 3.05) is 26.4 Å². The third-order valence-corrected chi connectivity index (χ3v) is 18.1. The fourth-order valence-electron chi connectivity index (χ4n) is 11.9. The zero-order valence-corrected chi connectivity index (χ0v) is 61.8. The molecule has 17 atom stereocenters. The van der Waals surface area contributed by atoms with Crippen LogP contribution < -0.4 is 5.32 Å². The summed E-state index contributed by atoms with van der Waals surface area (Å²) >= 11 is 0. The van der Waals surface area contributed by atoms with E-state index in [9.17, 15) is 61.0 Å². The molecule has 0 aromatic rings. The van der Waals surface area contributed by atoms with Gasteiger partial charge in [0, 0.05) is 6.42 Å². The smallest absolute Gasteiger partial charge is 0.220 e. The third-order valence-electron chi connectivity index (χ3n) is 18.1. The summed E-state index contributed by atoms with van der Waals surface area (Å²) in [6.07, 6.45) is 63.6. The van der Waals surface area contributed by atoms with Crippen LogP contribution in [0.2, 0.25) is 0 Å². The molecule has 0 spiro atoms. The Balaban J connectivity index is 1.39. The lowest BCUT2D eigenvalue weighted by molar-refractivity contribution is -0.379. The fraction of sp³-hybridized carbons (Fsp3) is 0.675. The van der Waals surface area contributed by atoms with Crippen LogP contribution in [0.4, 0.5) is 0 Å². The second-order valence-electron chi connectivity index (χ2n) is 26.7. The molecular weight excluding hydrogens is 1300 g/mol. The van der Waals surface area contributed by atoms with Crippen LogP contribution in [0, 0.1) is 0 Å². The van der Waals surface area contributed by atoms with Gasteiger partial charge in [-0.15, -0.1) is 0 Å². The van der Waals surface area contributed by atoms with E-state index in [2.05, 4.69) is 165 Å². The average molecular weight is 1430 g/mol. The second-order valence-corrected chi connectivity index (χ2v) is 26.7. The van der Waals surface area contributed by atoms with Gasteiger partial charge in [0.05, 0.1) is 38.6 Å². The molecule has 0 aromatic carbocycles. The summed E-state index contributed by atoms with van der Waals surface area (Å²) in [5.74, 6) is -0.324. The van der Waals surface area contributed by atoms with Crippen molar-refractivity contribution in [1.29, 1.82) is 0 Å². The van der Waals surface area contributed by atoms with Gasteiger partial charge in [-0.3, -0.25) is 4.79 Å². The van der Waals surface area contributed by atoms with E-state index in [1.807, 2.05) is 6.08 Å². The number of hydrogen-bond donors (Lipinski definition) is 12. The molecule has 0 radical (unpaired) electrons. The Labute approximate surface area is 612 Å². The standard InChI is InChI=1S/C83H135NO18/c1-3-5-7-9-11-13-15-17-19-21-23-24-25-26-27-28-29-30-31-32-33-34-35-36-37-38-39-40-41-42-43-45-47-49-51-53-55-57-59-61-71(89)84-66(67(88)60-58-56-54-52-50-48-46-44-22-20-18-16-14-12-10-8-6-4-2)65-97-81-77(95)74(92)79(69(63-86)99-81)102-83-78(96)75(93)80(70(64-87)100-83)101-82-76(94)73(91)72(90)68(62-85)98-82/h5,7,11,13,17,19,23-24,26-27,29-30,32-33,35-36,38-39,41-42,45,47,51,53,58,60,66-70,72-83,85-88,90-96H,3-4,6,8-10,12,14-16,18,20-22,25,28,31,34,37,40,43-44,46,48-50,52,54-57,59,61-65H2,1-2H3,(H,84,89)/b7-5-,13-11-,19-17-,24-23-,27-26-,30-29-,33-32-,36-35-,39-38-,42-41-,47-45-,53-51-,60-58+. The molecule has 1 amide bonds. The summed E-state index contributed by atoms with van der Waals surface area (Å²) < 4.78 is 34.4. The molecule has 3 fully saturated rings. The first-order valence-corrected chi connectivity index (χ1v) is 38.7. The maximum atomic E-state index is 13.4. The molecule has 0 bridgehead atoms. The normalized spacial score (nSPS) is 27.1. The lowest BCUT2D eigenvalue weighted by atomic mass is 9.96. The molecule has 19 nitrogen and oxygen atoms in total. The molecule has 12 N–H and O–H groups in total. The summed E-state index contributed by atoms with van der Waals surface area (Å²) in [6, 6.07) is -1.01. The minimum Gasteiger partial charge on any atom is -0.394 e. The van der Waals surface area contributed by atoms with E-state index in [4.69, 9.17) is 28.4 Å². The monoisotopic (exact) mass is 1430 g/mol. The quantitative estimate of drug-likeness (QED) is 0.0199. The molecule has 102 heavy (non-hydrogen) atoms. The Morgan fingerprint density at radius 3 is 1.06 bits per heavy atom. The van der Waals surface area contributed by atoms with Crippen LogP contribution in [0.25, 0.3) is 0 Å². The topological polar surface area (TPSA) is 307 Å². The number of unbranched alkanes of at least 4 members (excludes halogenated alkanes) is 18. The van der Waals surface area contributed by atoms with Gasteiger partial charge >= 0.3 is 0 Å². The van der Waals surface area contributed by atoms with E-state index in [0.29, 0.717) is 6.42 Å². The van der Waals surface area contributed by atoms with Gasteiger partial charge in [0.1, 0.15) is 73.2 Å². The Kier molecular flexibility index (Phi) is 55.3. The highest BCUT2D eigenvalue weighted by atomic mass is 16.8. The maximum Gasteiger partial charge on any atom is 0.220 e. The largest absolute Gasteiger partial charge is 0.394 e. The SMILES string of the molecule is CC/C=C\C/C=C\C/C=C\C/C=C\C/C=C\C/C=C\C/C=C\C/C=C\C/C=C\C/C=C\C/C=C\C/C=C\CCCCC(=O)NC(COC1OC(CO)C(OC2OC(CO)C(OC3OC(CO)C(O)C(O)C3O)C(O)C2O)C(O)C1O)C(O)/C=C/CCCCCCCCCCCCCCCCCC. The average Bonchev–Trinajstić information content (AvgIpc) is 0.781. The summed E-state index contributed by atoms with van der Waals surface area (Å²) in [7, 11) is 0. The lowest BCUT2D eigenvalue weighted by Crippen LogP contribution is -2.66. The Bertz CT molecular complexity index is 2460. The van der Waals surface area contributed by atoms with Crippen LogP contribution >= 0.6 is 0 Å². The Hall–Kier alpha value is -4.59. The number of hydrogen-bond acceptors (Lipinski definition) is 18. The van der Waals surface area contributed by atoms with Crippen LogP contribution in [0.15, 0.2) is 158 Å². The molecule has 3 saturated heterocycles. The van der Waals surface area contributed by atoms with Crippen molar-refractivity contribution in [1.82, 2.24) is 5.32 Å². The third kappa shape index (κ3) is 41.3. The summed E-state index contributed by atoms with van der Waals surface area (Å²) in [5.41, 5.74) is 0. The highest BCUT2D eigenvalue weighted by molar-refractivity contribution is 5.76. The van der Waals surface area contributed by atoms with Gasteiger partial charge in [0.2, 0.25) is 5.91 Å². The highest BCUT2D eigenvalue weighted by Gasteiger charge is 2.53. The number of ether oxygens (including phenoxy) is 6. The molecule has 0 saturated carbocycles. The molecule has 17 unspecified atom stereocenters. The fourth-order valence-corrected chi connectivity index (χ4v) is 11.9. The molecule has 3 rings (SSSR count). The maximum absolute atomic E-state index is 13.4. The van der Waals surface area contributed by atoms with E-state index in [-0.39, 0.29) is 18.9 Å². The number of aliphatic hydroxyl groups is 11. The summed E-state index contributed by atoms with van der Waals surface area (Å²) in [6.45, 7) is 1.58. The van der Waals surface area contributed by atoms with Crippen LogP contribution in [0.1, 0.15) is 226 Å². The van der Waals surface area contributed by atoms with E-state index < -0.39 is 124 Å². The number of carbonyl (C=O) groups excluding carboxylic acids is 1. The first-order valence-electron chi connectivity index (χ1n) is 38.7. The van der Waals surface area contributed by atoms with Crippen molar-refractivity contribution in [3.8, 4) is 0 Å².